The number of nitrogens with zero attached hydrogens (tertiary/aromatic N) is 2. The van der Waals surface area contributed by atoms with Gasteiger partial charge in [-0.05, 0) is 59.9 Å². The summed E-state index contributed by atoms with van der Waals surface area (Å²) in [6.07, 6.45) is 1.50. The average molecular weight is 452 g/mol. The number of aromatic nitrogens is 1. The Morgan fingerprint density at radius 2 is 1.84 bits per heavy atom. The molecule has 0 spiro atoms. The van der Waals surface area contributed by atoms with Crippen molar-refractivity contribution >= 4 is 65.0 Å². The lowest BCUT2D eigenvalue weighted by Crippen LogP contribution is -2.00. The van der Waals surface area contributed by atoms with Crippen LogP contribution in [-0.2, 0) is 0 Å². The predicted octanol–water partition coefficient (Wildman–Crippen LogP) is 5.02. The van der Waals surface area contributed by atoms with Gasteiger partial charge in [0.25, 0.3) is 0 Å². The minimum Gasteiger partial charge on any atom is -0.333 e. The number of anilines is 2. The van der Waals surface area contributed by atoms with Crippen molar-refractivity contribution < 1.29 is 4.92 Å². The molecule has 98 valence electrons. The molecule has 5 nitrogen and oxygen atoms in total. The van der Waals surface area contributed by atoms with Gasteiger partial charge < -0.3 is 5.32 Å². The monoisotopic (exact) mass is 449 g/mol. The molecule has 0 unspecified atom stereocenters. The first-order valence-corrected chi connectivity index (χ1v) is 7.38. The molecular formula is C11H6Br3N3O2. The van der Waals surface area contributed by atoms with E-state index in [-0.39, 0.29) is 11.5 Å². The van der Waals surface area contributed by atoms with Crippen LogP contribution in [0, 0.1) is 10.1 Å². The Morgan fingerprint density at radius 1 is 1.21 bits per heavy atom. The van der Waals surface area contributed by atoms with Gasteiger partial charge in [0.1, 0.15) is 0 Å². The van der Waals surface area contributed by atoms with E-state index >= 15 is 0 Å². The van der Waals surface area contributed by atoms with Crippen LogP contribution in [0.5, 0.6) is 0 Å². The van der Waals surface area contributed by atoms with Crippen LogP contribution in [0.25, 0.3) is 0 Å². The molecule has 0 amide bonds. The zero-order valence-corrected chi connectivity index (χ0v) is 14.0. The lowest BCUT2D eigenvalue weighted by molar-refractivity contribution is -0.384. The lowest BCUT2D eigenvalue weighted by Gasteiger charge is -2.10. The third-order valence-corrected chi connectivity index (χ3v) is 3.99. The molecule has 0 saturated carbocycles. The average Bonchev–Trinajstić information content (AvgIpc) is 2.35. The van der Waals surface area contributed by atoms with Crippen molar-refractivity contribution in [2.24, 2.45) is 0 Å². The largest absolute Gasteiger partial charge is 0.333 e. The SMILES string of the molecule is O=[N+]([O-])c1cc(Br)cnc1Nc1c(Br)cccc1Br. The molecular weight excluding hydrogens is 446 g/mol. The maximum Gasteiger partial charge on any atom is 0.312 e. The summed E-state index contributed by atoms with van der Waals surface area (Å²) in [5, 5.41) is 14.0. The maximum absolute atomic E-state index is 11.0. The molecule has 0 aliphatic heterocycles. The summed E-state index contributed by atoms with van der Waals surface area (Å²) in [4.78, 5) is 14.6. The molecule has 1 heterocycles. The maximum atomic E-state index is 11.0. The number of benzene rings is 1. The number of nitro groups is 1. The van der Waals surface area contributed by atoms with Gasteiger partial charge in [-0.2, -0.15) is 0 Å². The molecule has 0 bridgehead atoms. The van der Waals surface area contributed by atoms with Gasteiger partial charge in [0, 0.05) is 25.7 Å². The van der Waals surface area contributed by atoms with E-state index in [1.54, 1.807) is 0 Å². The normalized spacial score (nSPS) is 10.3. The summed E-state index contributed by atoms with van der Waals surface area (Å²) >= 11 is 9.93. The lowest BCUT2D eigenvalue weighted by atomic mass is 10.3. The third-order valence-electron chi connectivity index (χ3n) is 2.24. The van der Waals surface area contributed by atoms with Crippen LogP contribution in [0.3, 0.4) is 0 Å². The summed E-state index contributed by atoms with van der Waals surface area (Å²) < 4.78 is 2.11. The molecule has 0 fully saturated rings. The van der Waals surface area contributed by atoms with E-state index in [1.165, 1.54) is 12.3 Å². The Balaban J connectivity index is 2.47. The van der Waals surface area contributed by atoms with Gasteiger partial charge in [-0.3, -0.25) is 10.1 Å². The Bertz CT molecular complexity index is 629. The fraction of sp³-hybridized carbons (Fsp3) is 0. The number of halogens is 3. The summed E-state index contributed by atoms with van der Waals surface area (Å²) in [5.41, 5.74) is 0.581. The molecule has 8 heteroatoms. The molecule has 2 aromatic rings. The highest BCUT2D eigenvalue weighted by molar-refractivity contribution is 9.11. The van der Waals surface area contributed by atoms with E-state index in [0.717, 1.165) is 8.95 Å². The minimum atomic E-state index is -0.481. The topological polar surface area (TPSA) is 68.1 Å². The van der Waals surface area contributed by atoms with Gasteiger partial charge in [-0.1, -0.05) is 6.07 Å². The quantitative estimate of drug-likeness (QED) is 0.525. The van der Waals surface area contributed by atoms with E-state index < -0.39 is 4.92 Å². The second-order valence-corrected chi connectivity index (χ2v) is 6.12. The zero-order chi connectivity index (χ0) is 14.0. The second-order valence-electron chi connectivity index (χ2n) is 3.50. The van der Waals surface area contributed by atoms with Crippen LogP contribution < -0.4 is 5.32 Å². The third kappa shape index (κ3) is 3.31. The fourth-order valence-corrected chi connectivity index (χ4v) is 2.92. The summed E-state index contributed by atoms with van der Waals surface area (Å²) in [6, 6.07) is 6.92. The van der Waals surface area contributed by atoms with Crippen LogP contribution in [-0.4, -0.2) is 9.91 Å². The number of pyridine rings is 1. The summed E-state index contributed by atoms with van der Waals surface area (Å²) in [7, 11) is 0. The van der Waals surface area contributed by atoms with Crippen molar-refractivity contribution in [3.8, 4) is 0 Å². The van der Waals surface area contributed by atoms with Crippen molar-refractivity contribution in [1.29, 1.82) is 0 Å². The first-order valence-electron chi connectivity index (χ1n) is 5.00. The van der Waals surface area contributed by atoms with Gasteiger partial charge >= 0.3 is 5.69 Å². The highest BCUT2D eigenvalue weighted by Gasteiger charge is 2.17. The first kappa shape index (κ1) is 14.4. The minimum absolute atomic E-state index is 0.1000. The highest BCUT2D eigenvalue weighted by atomic mass is 79.9. The van der Waals surface area contributed by atoms with Crippen LogP contribution in [0.15, 0.2) is 43.9 Å². The van der Waals surface area contributed by atoms with E-state index in [2.05, 4.69) is 58.1 Å². The van der Waals surface area contributed by atoms with E-state index in [1.807, 2.05) is 18.2 Å². The molecule has 0 radical (unpaired) electrons. The molecule has 2 rings (SSSR count). The summed E-state index contributed by atoms with van der Waals surface area (Å²) in [6.45, 7) is 0. The number of nitrogens with one attached hydrogen (secondary N) is 1. The van der Waals surface area contributed by atoms with Gasteiger partial charge in [0.2, 0.25) is 5.82 Å². The van der Waals surface area contributed by atoms with Gasteiger partial charge in [0.05, 0.1) is 10.6 Å². The highest BCUT2D eigenvalue weighted by Crippen LogP contribution is 2.35. The predicted molar refractivity (Wildman–Crippen MR) is 83.7 cm³/mol. The molecule has 0 aliphatic rings. The molecule has 1 aromatic heterocycles. The van der Waals surface area contributed by atoms with Crippen LogP contribution in [0.4, 0.5) is 17.2 Å². The Kier molecular flexibility index (Phi) is 4.54. The Labute approximate surface area is 134 Å². The van der Waals surface area contributed by atoms with Crippen molar-refractivity contribution in [3.05, 3.63) is 54.0 Å². The van der Waals surface area contributed by atoms with Crippen molar-refractivity contribution in [2.75, 3.05) is 5.32 Å². The van der Waals surface area contributed by atoms with E-state index in [4.69, 9.17) is 0 Å². The Hall–Kier alpha value is -0.990. The summed E-state index contributed by atoms with van der Waals surface area (Å²) in [5.74, 6) is 0.181. The molecule has 0 aliphatic carbocycles. The molecule has 1 aromatic carbocycles. The van der Waals surface area contributed by atoms with Gasteiger partial charge in [-0.15, -0.1) is 0 Å². The van der Waals surface area contributed by atoms with E-state index in [9.17, 15) is 10.1 Å². The van der Waals surface area contributed by atoms with Crippen LogP contribution in [0.2, 0.25) is 0 Å². The number of rotatable bonds is 3. The van der Waals surface area contributed by atoms with Crippen LogP contribution >= 0.6 is 47.8 Å². The second kappa shape index (κ2) is 5.98. The molecule has 19 heavy (non-hydrogen) atoms. The standard InChI is InChI=1S/C11H6Br3N3O2/c12-6-4-9(17(18)19)11(15-5-6)16-10-7(13)2-1-3-8(10)14/h1-5H,(H,15,16). The fourth-order valence-electron chi connectivity index (χ4n) is 1.40. The molecule has 1 N–H and O–H groups in total. The number of hydrogen-bond donors (Lipinski definition) is 1. The molecule has 0 atom stereocenters. The van der Waals surface area contributed by atoms with E-state index in [0.29, 0.717) is 10.2 Å². The van der Waals surface area contributed by atoms with Crippen LogP contribution in [0.1, 0.15) is 0 Å². The van der Waals surface area contributed by atoms with Crippen molar-refractivity contribution in [1.82, 2.24) is 4.98 Å². The smallest absolute Gasteiger partial charge is 0.312 e. The van der Waals surface area contributed by atoms with Gasteiger partial charge in [0.15, 0.2) is 0 Å². The van der Waals surface area contributed by atoms with Crippen molar-refractivity contribution in [3.63, 3.8) is 0 Å². The molecule has 0 saturated heterocycles. The number of hydrogen-bond acceptors (Lipinski definition) is 4. The Morgan fingerprint density at radius 3 is 2.42 bits per heavy atom. The first-order chi connectivity index (χ1) is 8.99. The number of para-hydroxylation sites is 1. The zero-order valence-electron chi connectivity index (χ0n) is 9.23. The van der Waals surface area contributed by atoms with Gasteiger partial charge in [-0.25, -0.2) is 4.98 Å². The van der Waals surface area contributed by atoms with Crippen molar-refractivity contribution in [2.45, 2.75) is 0 Å².